The second-order valence-corrected chi connectivity index (χ2v) is 4.38. The number of benzene rings is 1. The predicted molar refractivity (Wildman–Crippen MR) is 73.6 cm³/mol. The minimum Gasteiger partial charge on any atom is -0.497 e. The average Bonchev–Trinajstić information content (AvgIpc) is 2.36. The molecule has 4 heteroatoms. The zero-order valence-corrected chi connectivity index (χ0v) is 10.9. The fraction of sp³-hybridized carbons (Fsp3) is 0.357. The van der Waals surface area contributed by atoms with Gasteiger partial charge in [0.15, 0.2) is 0 Å². The number of primary amides is 1. The molecule has 1 aromatic carbocycles. The van der Waals surface area contributed by atoms with Gasteiger partial charge in [-0.15, -0.1) is 6.58 Å². The van der Waals surface area contributed by atoms with Gasteiger partial charge in [-0.1, -0.05) is 12.1 Å². The molecule has 18 heavy (non-hydrogen) atoms. The largest absolute Gasteiger partial charge is 0.497 e. The molecule has 1 rings (SSSR count). The lowest BCUT2D eigenvalue weighted by atomic mass is 9.94. The van der Waals surface area contributed by atoms with Crippen molar-refractivity contribution in [3.05, 3.63) is 36.9 Å². The van der Waals surface area contributed by atoms with Gasteiger partial charge in [0.25, 0.3) is 0 Å². The number of carbonyl (C=O) groups excluding carboxylic acids is 1. The average molecular weight is 248 g/mol. The Morgan fingerprint density at radius 2 is 2.33 bits per heavy atom. The van der Waals surface area contributed by atoms with Gasteiger partial charge in [0.05, 0.1) is 7.11 Å². The Morgan fingerprint density at radius 1 is 1.61 bits per heavy atom. The van der Waals surface area contributed by atoms with Gasteiger partial charge in [0.1, 0.15) is 11.3 Å². The highest BCUT2D eigenvalue weighted by Gasteiger charge is 2.29. The molecule has 1 amide bonds. The summed E-state index contributed by atoms with van der Waals surface area (Å²) in [6.45, 7) is 5.45. The fourth-order valence-electron chi connectivity index (χ4n) is 1.66. The number of hydrogen-bond donors (Lipinski definition) is 2. The second kappa shape index (κ2) is 6.10. The number of methoxy groups -OCH3 is 1. The number of hydrogen-bond acceptors (Lipinski definition) is 3. The van der Waals surface area contributed by atoms with E-state index in [-0.39, 0.29) is 5.91 Å². The minimum absolute atomic E-state index is 0.382. The molecule has 0 aliphatic carbocycles. The number of nitrogens with one attached hydrogen (secondary N) is 1. The van der Waals surface area contributed by atoms with Crippen LogP contribution in [0.5, 0.6) is 5.75 Å². The van der Waals surface area contributed by atoms with E-state index in [0.29, 0.717) is 6.42 Å². The third-order valence-corrected chi connectivity index (χ3v) is 2.88. The number of ether oxygens (including phenoxy) is 1. The van der Waals surface area contributed by atoms with Gasteiger partial charge in [-0.25, -0.2) is 0 Å². The molecule has 98 valence electrons. The first-order chi connectivity index (χ1) is 8.51. The van der Waals surface area contributed by atoms with Crippen molar-refractivity contribution in [3.63, 3.8) is 0 Å². The molecule has 1 atom stereocenters. The van der Waals surface area contributed by atoms with Gasteiger partial charge in [0.2, 0.25) is 5.91 Å². The third-order valence-electron chi connectivity index (χ3n) is 2.88. The molecular weight excluding hydrogens is 228 g/mol. The summed E-state index contributed by atoms with van der Waals surface area (Å²) in [5, 5.41) is 3.16. The highest BCUT2D eigenvalue weighted by Crippen LogP contribution is 2.23. The van der Waals surface area contributed by atoms with Crippen molar-refractivity contribution in [3.8, 4) is 5.75 Å². The molecule has 0 fully saturated rings. The molecule has 1 aromatic rings. The predicted octanol–water partition coefficient (Wildman–Crippen LogP) is 2.32. The van der Waals surface area contributed by atoms with E-state index in [2.05, 4.69) is 11.9 Å². The molecule has 0 aliphatic heterocycles. The lowest BCUT2D eigenvalue weighted by molar-refractivity contribution is -0.121. The molecule has 0 bridgehead atoms. The van der Waals surface area contributed by atoms with Crippen molar-refractivity contribution in [2.24, 2.45) is 5.73 Å². The van der Waals surface area contributed by atoms with Crippen LogP contribution in [0.4, 0.5) is 5.69 Å². The summed E-state index contributed by atoms with van der Waals surface area (Å²) in [5.41, 5.74) is 5.48. The van der Waals surface area contributed by atoms with Crippen LogP contribution in [0, 0.1) is 0 Å². The van der Waals surface area contributed by atoms with Crippen molar-refractivity contribution in [2.45, 2.75) is 25.3 Å². The highest BCUT2D eigenvalue weighted by molar-refractivity contribution is 5.87. The van der Waals surface area contributed by atoms with Gasteiger partial charge >= 0.3 is 0 Å². The van der Waals surface area contributed by atoms with Crippen LogP contribution in [0.25, 0.3) is 0 Å². The molecule has 0 radical (unpaired) electrons. The zero-order chi connectivity index (χ0) is 13.6. The van der Waals surface area contributed by atoms with Crippen molar-refractivity contribution in [1.82, 2.24) is 0 Å². The summed E-state index contributed by atoms with van der Waals surface area (Å²) in [7, 11) is 1.60. The Kier molecular flexibility index (Phi) is 4.77. The Balaban J connectivity index is 2.88. The monoisotopic (exact) mass is 248 g/mol. The quantitative estimate of drug-likeness (QED) is 0.728. The Hall–Kier alpha value is -1.97. The van der Waals surface area contributed by atoms with E-state index >= 15 is 0 Å². The molecule has 4 nitrogen and oxygen atoms in total. The van der Waals surface area contributed by atoms with E-state index in [4.69, 9.17) is 10.5 Å². The lowest BCUT2D eigenvalue weighted by Crippen LogP contribution is -2.47. The molecule has 0 aromatic heterocycles. The number of rotatable bonds is 7. The lowest BCUT2D eigenvalue weighted by Gasteiger charge is -2.28. The van der Waals surface area contributed by atoms with Crippen molar-refractivity contribution < 1.29 is 9.53 Å². The Morgan fingerprint density at radius 3 is 2.89 bits per heavy atom. The first kappa shape index (κ1) is 14.1. The van der Waals surface area contributed by atoms with Gasteiger partial charge in [-0.2, -0.15) is 0 Å². The Labute approximate surface area is 108 Å². The standard InChI is InChI=1S/C14H20N2O2/c1-4-5-9-14(2,13(15)17)16-11-7-6-8-12(10-11)18-3/h4,6-8,10,16H,1,5,9H2,2-3H3,(H2,15,17). The minimum atomic E-state index is -0.791. The summed E-state index contributed by atoms with van der Waals surface area (Å²) in [4.78, 5) is 11.6. The van der Waals surface area contributed by atoms with Crippen LogP contribution in [-0.4, -0.2) is 18.6 Å². The summed E-state index contributed by atoms with van der Waals surface area (Å²) in [6.07, 6.45) is 3.09. The van der Waals surface area contributed by atoms with E-state index in [9.17, 15) is 4.79 Å². The summed E-state index contributed by atoms with van der Waals surface area (Å²) >= 11 is 0. The smallest absolute Gasteiger partial charge is 0.242 e. The first-order valence-electron chi connectivity index (χ1n) is 5.85. The molecular formula is C14H20N2O2. The fourth-order valence-corrected chi connectivity index (χ4v) is 1.66. The summed E-state index contributed by atoms with van der Waals surface area (Å²) in [5.74, 6) is 0.350. The van der Waals surface area contributed by atoms with E-state index in [0.717, 1.165) is 17.9 Å². The number of nitrogens with two attached hydrogens (primary N) is 1. The molecule has 0 heterocycles. The van der Waals surface area contributed by atoms with Crippen molar-refractivity contribution in [1.29, 1.82) is 0 Å². The first-order valence-corrected chi connectivity index (χ1v) is 5.85. The molecule has 0 spiro atoms. The molecule has 1 unspecified atom stereocenters. The van der Waals surface area contributed by atoms with E-state index in [1.54, 1.807) is 20.1 Å². The van der Waals surface area contributed by atoms with Crippen LogP contribution in [0.2, 0.25) is 0 Å². The zero-order valence-electron chi connectivity index (χ0n) is 10.9. The van der Waals surface area contributed by atoms with Gasteiger partial charge < -0.3 is 15.8 Å². The second-order valence-electron chi connectivity index (χ2n) is 4.38. The highest BCUT2D eigenvalue weighted by atomic mass is 16.5. The van der Waals surface area contributed by atoms with Crippen LogP contribution >= 0.6 is 0 Å². The molecule has 0 aliphatic rings. The molecule has 0 saturated carbocycles. The Bertz CT molecular complexity index is 432. The number of carbonyl (C=O) groups is 1. The third kappa shape index (κ3) is 3.52. The maximum Gasteiger partial charge on any atom is 0.242 e. The maximum absolute atomic E-state index is 11.6. The van der Waals surface area contributed by atoms with Gasteiger partial charge in [-0.05, 0) is 31.9 Å². The van der Waals surface area contributed by atoms with Gasteiger partial charge in [0, 0.05) is 11.8 Å². The van der Waals surface area contributed by atoms with E-state index < -0.39 is 5.54 Å². The number of anilines is 1. The summed E-state index contributed by atoms with van der Waals surface area (Å²) in [6, 6.07) is 7.40. The van der Waals surface area contributed by atoms with Crippen LogP contribution in [-0.2, 0) is 4.79 Å². The van der Waals surface area contributed by atoms with Gasteiger partial charge in [-0.3, -0.25) is 4.79 Å². The maximum atomic E-state index is 11.6. The number of amides is 1. The van der Waals surface area contributed by atoms with Crippen LogP contribution in [0.15, 0.2) is 36.9 Å². The van der Waals surface area contributed by atoms with Crippen molar-refractivity contribution in [2.75, 3.05) is 12.4 Å². The van der Waals surface area contributed by atoms with Crippen LogP contribution in [0.3, 0.4) is 0 Å². The topological polar surface area (TPSA) is 64.3 Å². The molecule has 3 N–H and O–H groups in total. The number of allylic oxidation sites excluding steroid dienone is 1. The normalized spacial score (nSPS) is 13.4. The van der Waals surface area contributed by atoms with Crippen molar-refractivity contribution >= 4 is 11.6 Å². The summed E-state index contributed by atoms with van der Waals surface area (Å²) < 4.78 is 5.14. The van der Waals surface area contributed by atoms with Crippen LogP contribution in [0.1, 0.15) is 19.8 Å². The molecule has 0 saturated heterocycles. The van der Waals surface area contributed by atoms with Crippen LogP contribution < -0.4 is 15.8 Å². The van der Waals surface area contributed by atoms with E-state index in [1.165, 1.54) is 0 Å². The van der Waals surface area contributed by atoms with E-state index in [1.807, 2.05) is 24.3 Å². The SMILES string of the molecule is C=CCCC(C)(Nc1cccc(OC)c1)C(N)=O.